The SMILES string of the molecule is CCn1nc(C)cc1C(=O)Nc1nc2cc(C(N)=O)cc(OCCCN)c2n1CCC[C@H]1COc2cc(C(N)=O)cc3nc(NC(=O)c4c(F)c(C)nn4CC)n1c23. The van der Waals surface area contributed by atoms with Crippen molar-refractivity contribution in [2.45, 2.75) is 72.6 Å². The topological polar surface area (TPSA) is 260 Å². The summed E-state index contributed by atoms with van der Waals surface area (Å²) < 4.78 is 33.9. The quantitative estimate of drug-likeness (QED) is 0.0887. The number of anilines is 2. The first kappa shape index (κ1) is 39.4. The van der Waals surface area contributed by atoms with Crippen molar-refractivity contribution in [3.8, 4) is 11.5 Å². The third kappa shape index (κ3) is 7.28. The lowest BCUT2D eigenvalue weighted by molar-refractivity contribution is 0.0991. The lowest BCUT2D eigenvalue weighted by atomic mass is 10.1. The van der Waals surface area contributed by atoms with Crippen molar-refractivity contribution in [1.29, 1.82) is 0 Å². The molecule has 0 saturated heterocycles. The van der Waals surface area contributed by atoms with Crippen LogP contribution < -0.4 is 37.3 Å². The molecule has 304 valence electrons. The molecule has 0 radical (unpaired) electrons. The minimum atomic E-state index is -0.754. The number of primary amides is 2. The van der Waals surface area contributed by atoms with Gasteiger partial charge in [0.1, 0.15) is 34.8 Å². The van der Waals surface area contributed by atoms with E-state index in [-0.39, 0.29) is 60.7 Å². The standard InChI is InChI=1S/C38H44FN13O6/c1-5-50-26(13-19(3)47-50)35(55)45-37-43-24-14-21(33(41)53)16-27(57-12-8-10-40)30(24)49(37)11-7-9-23-18-58-28-17-22(34(42)54)15-25-31(28)52(23)38(44-25)46-36(56)32-29(39)20(4)48-51(32)6-2/h13-17,23H,5-12,18,40H2,1-4H3,(H2,41,53)(H2,42,54)(H,43,45,55)(H,44,46,56)/t23-/m0/s1. The lowest BCUT2D eigenvalue weighted by Crippen LogP contribution is -2.27. The number of amides is 4. The van der Waals surface area contributed by atoms with E-state index in [0.717, 1.165) is 0 Å². The van der Waals surface area contributed by atoms with Crippen molar-refractivity contribution in [2.75, 3.05) is 30.4 Å². The van der Waals surface area contributed by atoms with E-state index in [0.29, 0.717) is 77.3 Å². The van der Waals surface area contributed by atoms with Gasteiger partial charge in [-0.2, -0.15) is 10.2 Å². The molecule has 5 heterocycles. The number of carbonyl (C=O) groups is 4. The minimum absolute atomic E-state index is 0.0776. The average molecular weight is 798 g/mol. The zero-order chi connectivity index (χ0) is 41.4. The van der Waals surface area contributed by atoms with Gasteiger partial charge in [0.2, 0.25) is 23.7 Å². The van der Waals surface area contributed by atoms with Gasteiger partial charge >= 0.3 is 0 Å². The molecule has 0 unspecified atom stereocenters. The number of halogens is 1. The van der Waals surface area contributed by atoms with Crippen LogP contribution in [0.4, 0.5) is 16.3 Å². The number of benzene rings is 2. The number of ether oxygens (including phenoxy) is 2. The van der Waals surface area contributed by atoms with Gasteiger partial charge in [-0.15, -0.1) is 0 Å². The Kier molecular flexibility index (Phi) is 10.8. The highest BCUT2D eigenvalue weighted by Gasteiger charge is 2.31. The molecule has 8 N–H and O–H groups in total. The van der Waals surface area contributed by atoms with Gasteiger partial charge in [0.15, 0.2) is 11.5 Å². The van der Waals surface area contributed by atoms with E-state index in [4.69, 9.17) is 31.7 Å². The highest BCUT2D eigenvalue weighted by Crippen LogP contribution is 2.39. The molecule has 58 heavy (non-hydrogen) atoms. The van der Waals surface area contributed by atoms with Gasteiger partial charge in [0.05, 0.1) is 35.1 Å². The molecule has 1 aliphatic heterocycles. The van der Waals surface area contributed by atoms with Crippen LogP contribution in [0.25, 0.3) is 22.1 Å². The minimum Gasteiger partial charge on any atom is -0.491 e. The molecule has 0 fully saturated rings. The van der Waals surface area contributed by atoms with Gasteiger partial charge < -0.3 is 35.8 Å². The maximum absolute atomic E-state index is 15.2. The van der Waals surface area contributed by atoms with Crippen LogP contribution in [0.1, 0.15) is 92.2 Å². The van der Waals surface area contributed by atoms with E-state index in [2.05, 4.69) is 25.8 Å². The fourth-order valence-corrected chi connectivity index (χ4v) is 7.21. The molecule has 0 aliphatic carbocycles. The zero-order valence-corrected chi connectivity index (χ0v) is 32.5. The summed E-state index contributed by atoms with van der Waals surface area (Å²) in [5, 5.41) is 14.2. The first-order valence-corrected chi connectivity index (χ1v) is 18.9. The van der Waals surface area contributed by atoms with Crippen LogP contribution in [0.2, 0.25) is 0 Å². The van der Waals surface area contributed by atoms with Crippen molar-refractivity contribution in [3.05, 3.63) is 70.1 Å². The highest BCUT2D eigenvalue weighted by atomic mass is 19.1. The molecule has 0 bridgehead atoms. The Bertz CT molecular complexity index is 2600. The molecule has 7 rings (SSSR count). The zero-order valence-electron chi connectivity index (χ0n) is 32.5. The largest absolute Gasteiger partial charge is 0.491 e. The van der Waals surface area contributed by atoms with Crippen LogP contribution in [-0.2, 0) is 19.6 Å². The molecule has 1 atom stereocenters. The van der Waals surface area contributed by atoms with Gasteiger partial charge in [-0.05, 0) is 83.8 Å². The van der Waals surface area contributed by atoms with Gasteiger partial charge in [-0.3, -0.25) is 39.2 Å². The van der Waals surface area contributed by atoms with E-state index in [1.54, 1.807) is 39.8 Å². The second-order valence-electron chi connectivity index (χ2n) is 13.9. The summed E-state index contributed by atoms with van der Waals surface area (Å²) in [6, 6.07) is 7.36. The number of carbonyl (C=O) groups excluding carboxylic acids is 4. The Balaban J connectivity index is 1.25. The maximum Gasteiger partial charge on any atom is 0.279 e. The normalized spacial score (nSPS) is 13.5. The summed E-state index contributed by atoms with van der Waals surface area (Å²) in [5.41, 5.74) is 19.9. The number of hydrogen-bond donors (Lipinski definition) is 5. The first-order chi connectivity index (χ1) is 27.8. The van der Waals surface area contributed by atoms with Crippen molar-refractivity contribution >= 4 is 57.6 Å². The van der Waals surface area contributed by atoms with Gasteiger partial charge in [0, 0.05) is 30.8 Å². The van der Waals surface area contributed by atoms with Crippen molar-refractivity contribution in [2.24, 2.45) is 17.2 Å². The van der Waals surface area contributed by atoms with Gasteiger partial charge in [-0.1, -0.05) is 0 Å². The smallest absolute Gasteiger partial charge is 0.279 e. The molecule has 6 aromatic rings. The summed E-state index contributed by atoms with van der Waals surface area (Å²) in [4.78, 5) is 61.3. The predicted octanol–water partition coefficient (Wildman–Crippen LogP) is 3.42. The fraction of sp³-hybridized carbons (Fsp3) is 0.368. The van der Waals surface area contributed by atoms with Crippen LogP contribution >= 0.6 is 0 Å². The average Bonchev–Trinajstić information content (AvgIpc) is 3.94. The van der Waals surface area contributed by atoms with Crippen LogP contribution in [0.3, 0.4) is 0 Å². The predicted molar refractivity (Wildman–Crippen MR) is 211 cm³/mol. The molecule has 0 spiro atoms. The summed E-state index contributed by atoms with van der Waals surface area (Å²) in [5.74, 6) is -2.34. The molecule has 0 saturated carbocycles. The Hall–Kier alpha value is -6.83. The van der Waals surface area contributed by atoms with E-state index >= 15 is 4.39 Å². The van der Waals surface area contributed by atoms with E-state index in [9.17, 15) is 19.2 Å². The number of nitrogens with one attached hydrogen (secondary N) is 2. The molecule has 20 heteroatoms. The molecule has 4 aromatic heterocycles. The Morgan fingerprint density at radius 1 is 0.879 bits per heavy atom. The number of aryl methyl sites for hydroxylation is 5. The summed E-state index contributed by atoms with van der Waals surface area (Å²) >= 11 is 0. The van der Waals surface area contributed by atoms with Crippen LogP contribution in [0, 0.1) is 19.7 Å². The molecular weight excluding hydrogens is 754 g/mol. The van der Waals surface area contributed by atoms with Crippen molar-refractivity contribution in [1.82, 2.24) is 38.7 Å². The fourth-order valence-electron chi connectivity index (χ4n) is 7.21. The number of nitrogens with two attached hydrogens (primary N) is 3. The number of nitrogens with zero attached hydrogens (tertiary/aromatic N) is 8. The Morgan fingerprint density at radius 2 is 1.55 bits per heavy atom. The summed E-state index contributed by atoms with van der Waals surface area (Å²) in [6.45, 7) is 8.64. The highest BCUT2D eigenvalue weighted by molar-refractivity contribution is 6.05. The van der Waals surface area contributed by atoms with Gasteiger partial charge in [0.25, 0.3) is 11.8 Å². The Labute approximate surface area is 330 Å². The second kappa shape index (κ2) is 16.0. The number of aromatic nitrogens is 8. The molecule has 1 aliphatic rings. The van der Waals surface area contributed by atoms with Crippen molar-refractivity contribution in [3.63, 3.8) is 0 Å². The summed E-state index contributed by atoms with van der Waals surface area (Å²) in [7, 11) is 0. The number of hydrogen-bond acceptors (Lipinski definition) is 11. The first-order valence-electron chi connectivity index (χ1n) is 18.9. The number of rotatable bonds is 16. The maximum atomic E-state index is 15.2. The van der Waals surface area contributed by atoms with E-state index < -0.39 is 35.5 Å². The van der Waals surface area contributed by atoms with Crippen LogP contribution in [0.15, 0.2) is 30.3 Å². The molecule has 19 nitrogen and oxygen atoms in total. The molecular formula is C38H44FN13O6. The summed E-state index contributed by atoms with van der Waals surface area (Å²) in [6.07, 6.45) is 1.42. The van der Waals surface area contributed by atoms with Crippen LogP contribution in [-0.4, -0.2) is 82.1 Å². The molecule has 2 aromatic carbocycles. The van der Waals surface area contributed by atoms with E-state index in [1.165, 1.54) is 29.8 Å². The number of fused-ring (bicyclic) bond motifs is 1. The number of imidazole rings is 2. The second-order valence-corrected chi connectivity index (χ2v) is 13.9. The van der Waals surface area contributed by atoms with Crippen LogP contribution in [0.5, 0.6) is 11.5 Å². The third-order valence-corrected chi connectivity index (χ3v) is 9.90. The monoisotopic (exact) mass is 797 g/mol. The molecule has 4 amide bonds. The third-order valence-electron chi connectivity index (χ3n) is 9.90. The van der Waals surface area contributed by atoms with Crippen molar-refractivity contribution < 1.29 is 33.0 Å². The van der Waals surface area contributed by atoms with E-state index in [1.807, 2.05) is 6.92 Å². The van der Waals surface area contributed by atoms with Gasteiger partial charge in [-0.25, -0.2) is 14.4 Å². The lowest BCUT2D eigenvalue weighted by Gasteiger charge is -2.27. The Morgan fingerprint density at radius 3 is 2.24 bits per heavy atom.